The number of nitrogens with zero attached hydrogens (tertiary/aromatic N) is 1. The first kappa shape index (κ1) is 37.0. The third-order valence-corrected chi connectivity index (χ3v) is 18.7. The third kappa shape index (κ3) is 5.55. The number of carboxylic acids is 1. The fraction of sp³-hybridized carbons (Fsp3) is 0.705. The first-order valence-electron chi connectivity index (χ1n) is 19.9. The van der Waals surface area contributed by atoms with Gasteiger partial charge in [0.1, 0.15) is 0 Å². The first-order valence-corrected chi connectivity index (χ1v) is 21.9. The van der Waals surface area contributed by atoms with Crippen molar-refractivity contribution in [2.75, 3.05) is 24.6 Å². The predicted octanol–water partition coefficient (Wildman–Crippen LogP) is 8.32. The van der Waals surface area contributed by atoms with Crippen LogP contribution in [0.25, 0.3) is 5.57 Å². The Bertz CT molecular complexity index is 1730. The van der Waals surface area contributed by atoms with E-state index in [-0.39, 0.29) is 39.1 Å². The number of fused-ring (bicyclic) bond motifs is 7. The minimum atomic E-state index is -2.01. The summed E-state index contributed by atoms with van der Waals surface area (Å²) < 4.78 is 12.6. The molecule has 1 amide bonds. The van der Waals surface area contributed by atoms with E-state index in [0.717, 1.165) is 37.7 Å². The van der Waals surface area contributed by atoms with Gasteiger partial charge in [-0.2, -0.15) is 0 Å². The van der Waals surface area contributed by atoms with Crippen LogP contribution in [0.15, 0.2) is 42.5 Å². The number of carbonyl (C=O) groups is 2. The molecule has 1 aromatic carbocycles. The number of carbonyl (C=O) groups excluding carboxylic acids is 1. The van der Waals surface area contributed by atoms with Gasteiger partial charge in [0.2, 0.25) is 5.91 Å². The maximum Gasteiger partial charge on any atom is 0.335 e. The Morgan fingerprint density at radius 2 is 1.59 bits per heavy atom. The smallest absolute Gasteiger partial charge is 0.335 e. The summed E-state index contributed by atoms with van der Waals surface area (Å²) in [4.78, 5) is 27.9. The summed E-state index contributed by atoms with van der Waals surface area (Å²) in [5.41, 5.74) is 4.49. The summed E-state index contributed by atoms with van der Waals surface area (Å²) >= 11 is 0. The van der Waals surface area contributed by atoms with Crippen molar-refractivity contribution >= 4 is 32.8 Å². The number of benzene rings is 1. The summed E-state index contributed by atoms with van der Waals surface area (Å²) in [6.45, 7) is 23.0. The molecule has 2 N–H and O–H groups in total. The van der Waals surface area contributed by atoms with E-state index in [1.807, 2.05) is 19.1 Å². The number of rotatable bonds is 6. The Hall–Kier alpha value is -2.38. The first-order chi connectivity index (χ1) is 23.8. The van der Waals surface area contributed by atoms with Crippen LogP contribution < -0.4 is 5.32 Å². The molecule has 1 aliphatic heterocycles. The Morgan fingerprint density at radius 1 is 0.922 bits per heavy atom. The van der Waals surface area contributed by atoms with Crippen molar-refractivity contribution in [2.24, 2.45) is 51.2 Å². The van der Waals surface area contributed by atoms with E-state index in [1.54, 1.807) is 12.1 Å². The molecule has 280 valence electrons. The molecule has 5 aliphatic carbocycles. The van der Waals surface area contributed by atoms with Gasteiger partial charge in [0, 0.05) is 30.1 Å². The van der Waals surface area contributed by atoms with Gasteiger partial charge in [0.25, 0.3) is 0 Å². The second-order valence-corrected chi connectivity index (χ2v) is 22.1. The summed E-state index contributed by atoms with van der Waals surface area (Å²) in [6.07, 6.45) is 12.8. The molecule has 1 unspecified atom stereocenters. The Balaban J connectivity index is 1.17. The zero-order valence-electron chi connectivity index (χ0n) is 32.5. The van der Waals surface area contributed by atoms with Crippen LogP contribution in [0.3, 0.4) is 0 Å². The molecule has 7 heteroatoms. The summed E-state index contributed by atoms with van der Waals surface area (Å²) in [7, 11) is -2.01. The molecule has 10 atom stereocenters. The Morgan fingerprint density at radius 3 is 2.22 bits per heavy atom. The largest absolute Gasteiger partial charge is 0.478 e. The zero-order valence-corrected chi connectivity index (χ0v) is 33.3. The van der Waals surface area contributed by atoms with Crippen molar-refractivity contribution < 1.29 is 18.9 Å². The highest BCUT2D eigenvalue weighted by Crippen LogP contribution is 2.76. The normalized spacial score (nSPS) is 41.9. The number of hydrogen-bond acceptors (Lipinski definition) is 4. The van der Waals surface area contributed by atoms with E-state index in [1.165, 1.54) is 36.8 Å². The molecule has 0 spiro atoms. The van der Waals surface area contributed by atoms with Gasteiger partial charge in [-0.15, -0.1) is 0 Å². The van der Waals surface area contributed by atoms with Crippen molar-refractivity contribution in [1.29, 1.82) is 0 Å². The highest BCUT2D eigenvalue weighted by Gasteiger charge is 2.70. The number of aromatic carboxylic acids is 1. The van der Waals surface area contributed by atoms with E-state index in [4.69, 9.17) is 0 Å². The predicted molar refractivity (Wildman–Crippen MR) is 210 cm³/mol. The summed E-state index contributed by atoms with van der Waals surface area (Å²) in [5.74, 6) is 6.87. The number of amides is 1. The van der Waals surface area contributed by atoms with Crippen molar-refractivity contribution in [3.63, 3.8) is 0 Å². The van der Waals surface area contributed by atoms with E-state index in [9.17, 15) is 18.9 Å². The van der Waals surface area contributed by atoms with E-state index in [2.05, 4.69) is 70.3 Å². The van der Waals surface area contributed by atoms with Gasteiger partial charge in [-0.3, -0.25) is 13.9 Å². The van der Waals surface area contributed by atoms with Crippen LogP contribution in [0, 0.1) is 51.2 Å². The van der Waals surface area contributed by atoms with Gasteiger partial charge in [-0.1, -0.05) is 65.0 Å². The number of hydrogen-bond donors (Lipinski definition) is 2. The highest BCUT2D eigenvalue weighted by molar-refractivity contribution is 8.00. The SMILES string of the molecule is C=C(C)[C@@H]1CC[C@]2(NC(=O)C(C)N3CCS(=C)(=O)CC3)CC[C@]3(C)[C@H](CC[C@@H]4[C@@]5(C)CC=C(c6ccc(C(=O)O)cc6)C(C)(C)[C@@H]5CC[C@]43C)[C@@H]12. The van der Waals surface area contributed by atoms with Crippen molar-refractivity contribution in [2.45, 2.75) is 118 Å². The highest BCUT2D eigenvalue weighted by atomic mass is 32.2. The Kier molecular flexibility index (Phi) is 8.93. The van der Waals surface area contributed by atoms with Gasteiger partial charge in [0.05, 0.1) is 11.6 Å². The van der Waals surface area contributed by atoms with Crippen molar-refractivity contribution in [3.05, 3.63) is 53.6 Å². The molecule has 7 rings (SSSR count). The molecule has 1 saturated heterocycles. The van der Waals surface area contributed by atoms with E-state index >= 15 is 0 Å². The third-order valence-electron chi connectivity index (χ3n) is 16.9. The fourth-order valence-corrected chi connectivity index (χ4v) is 15.3. The van der Waals surface area contributed by atoms with Crippen molar-refractivity contribution in [1.82, 2.24) is 10.2 Å². The quantitative estimate of drug-likeness (QED) is 0.229. The van der Waals surface area contributed by atoms with Crippen LogP contribution in [-0.4, -0.2) is 68.1 Å². The second-order valence-electron chi connectivity index (χ2n) is 19.3. The fourth-order valence-electron chi connectivity index (χ4n) is 13.9. The van der Waals surface area contributed by atoms with Crippen LogP contribution in [0.4, 0.5) is 0 Å². The number of carboxylic acid groups (broad SMARTS) is 1. The molecule has 1 heterocycles. The lowest BCUT2D eigenvalue weighted by atomic mass is 9.33. The topological polar surface area (TPSA) is 86.7 Å². The van der Waals surface area contributed by atoms with Gasteiger partial charge in [-0.05, 0) is 162 Å². The Labute approximate surface area is 308 Å². The van der Waals surface area contributed by atoms with Crippen molar-refractivity contribution in [3.8, 4) is 0 Å². The lowest BCUT2D eigenvalue weighted by Gasteiger charge is -2.72. The average Bonchev–Trinajstić information content (AvgIpc) is 3.44. The van der Waals surface area contributed by atoms with Gasteiger partial charge >= 0.3 is 5.97 Å². The number of allylic oxidation sites excluding steroid dienone is 3. The lowest BCUT2D eigenvalue weighted by Crippen LogP contribution is -2.69. The molecule has 0 bridgehead atoms. The molecule has 6 aliphatic rings. The maximum absolute atomic E-state index is 14.2. The molecule has 5 fully saturated rings. The standard InChI is InChI=1S/C44H64N2O4S/c1-28(2)32-16-21-44(45-38(47)29(3)46-24-26-51(9,50)27-25-46)23-22-42(7)34(37(32)44)14-15-36-41(6)19-17-33(30-10-12-31(13-11-30)39(48)49)40(4,5)35(41)18-20-43(36,42)8/h10-13,17,29,32,34-37H,1,9,14-16,18-27H2,2-8H3,(H,45,47)(H,48,49)/t29?,32-,34+,35-,36+,37+,41-,42+,43+,44-/m0/s1. The molecule has 4 saturated carbocycles. The van der Waals surface area contributed by atoms with Crippen LogP contribution >= 0.6 is 0 Å². The summed E-state index contributed by atoms with van der Waals surface area (Å²) in [5, 5.41) is 13.3. The average molecular weight is 717 g/mol. The lowest BCUT2D eigenvalue weighted by molar-refractivity contribution is -0.219. The van der Waals surface area contributed by atoms with Gasteiger partial charge in [0.15, 0.2) is 0 Å². The molecule has 0 radical (unpaired) electrons. The molecular formula is C44H64N2O4S. The van der Waals surface area contributed by atoms with Gasteiger partial charge < -0.3 is 10.4 Å². The zero-order chi connectivity index (χ0) is 36.9. The molecule has 1 aromatic rings. The maximum atomic E-state index is 14.2. The minimum Gasteiger partial charge on any atom is -0.478 e. The van der Waals surface area contributed by atoms with Crippen LogP contribution in [-0.2, 0) is 14.3 Å². The van der Waals surface area contributed by atoms with Crippen LogP contribution in [0.1, 0.15) is 122 Å². The number of nitrogens with one attached hydrogen (secondary N) is 1. The van der Waals surface area contributed by atoms with Crippen LogP contribution in [0.5, 0.6) is 0 Å². The minimum absolute atomic E-state index is 0.0193. The molecular weight excluding hydrogens is 653 g/mol. The molecule has 51 heavy (non-hydrogen) atoms. The van der Waals surface area contributed by atoms with E-state index < -0.39 is 15.5 Å². The van der Waals surface area contributed by atoms with Crippen LogP contribution in [0.2, 0.25) is 0 Å². The van der Waals surface area contributed by atoms with E-state index in [0.29, 0.717) is 59.7 Å². The summed E-state index contributed by atoms with van der Waals surface area (Å²) in [6, 6.07) is 7.30. The monoisotopic (exact) mass is 716 g/mol. The molecule has 6 nitrogen and oxygen atoms in total. The second kappa shape index (κ2) is 12.3. The molecule has 0 aromatic heterocycles. The van der Waals surface area contributed by atoms with Gasteiger partial charge in [-0.25, -0.2) is 4.79 Å².